The highest BCUT2D eigenvalue weighted by Crippen LogP contribution is 2.33. The fourth-order valence-corrected chi connectivity index (χ4v) is 5.67. The minimum atomic E-state index is -2.88. The van der Waals surface area contributed by atoms with E-state index in [1.54, 1.807) is 13.8 Å². The smallest absolute Gasteiger partial charge is 0.152 e. The van der Waals surface area contributed by atoms with Crippen LogP contribution >= 0.6 is 0 Å². The Kier molecular flexibility index (Phi) is 6.44. The van der Waals surface area contributed by atoms with Crippen LogP contribution in [-0.2, 0) is 16.3 Å². The lowest BCUT2D eigenvalue weighted by molar-refractivity contribution is 0.273. The zero-order valence-corrected chi connectivity index (χ0v) is 17.0. The first-order valence-electron chi connectivity index (χ1n) is 10.2. The van der Waals surface area contributed by atoms with Crippen LogP contribution in [0, 0.1) is 11.8 Å². The topological polar surface area (TPSA) is 49.9 Å². The predicted molar refractivity (Wildman–Crippen MR) is 110 cm³/mol. The molecule has 1 aromatic carbocycles. The number of aromatic amines is 1. The average Bonchev–Trinajstić information content (AvgIpc) is 3.03. The van der Waals surface area contributed by atoms with Crippen molar-refractivity contribution in [2.45, 2.75) is 70.5 Å². The second-order valence-electron chi connectivity index (χ2n) is 8.37. The lowest BCUT2D eigenvalue weighted by Gasteiger charge is -2.28. The Morgan fingerprint density at radius 1 is 1.04 bits per heavy atom. The van der Waals surface area contributed by atoms with E-state index >= 15 is 0 Å². The molecule has 0 spiro atoms. The third kappa shape index (κ3) is 4.91. The highest BCUT2D eigenvalue weighted by Gasteiger charge is 2.26. The molecule has 1 N–H and O–H groups in total. The molecule has 144 valence electrons. The van der Waals surface area contributed by atoms with Crippen molar-refractivity contribution in [2.24, 2.45) is 11.8 Å². The first kappa shape index (κ1) is 19.5. The van der Waals surface area contributed by atoms with E-state index in [1.165, 1.54) is 48.6 Å². The van der Waals surface area contributed by atoms with Crippen LogP contribution in [0.4, 0.5) is 0 Å². The van der Waals surface area contributed by atoms with Gasteiger partial charge in [-0.2, -0.15) is 0 Å². The van der Waals surface area contributed by atoms with Crippen molar-refractivity contribution in [1.29, 1.82) is 0 Å². The van der Waals surface area contributed by atoms with Crippen molar-refractivity contribution in [3.05, 3.63) is 36.0 Å². The highest BCUT2D eigenvalue weighted by molar-refractivity contribution is 7.91. The summed E-state index contributed by atoms with van der Waals surface area (Å²) < 4.78 is 24.2. The van der Waals surface area contributed by atoms with E-state index in [0.717, 1.165) is 25.2 Å². The van der Waals surface area contributed by atoms with Gasteiger partial charge in [0.25, 0.3) is 0 Å². The lowest BCUT2D eigenvalue weighted by Crippen LogP contribution is -2.26. The normalized spacial score (nSPS) is 21.5. The maximum absolute atomic E-state index is 12.1. The van der Waals surface area contributed by atoms with Gasteiger partial charge in [-0.1, -0.05) is 43.9 Å². The van der Waals surface area contributed by atoms with Crippen LogP contribution in [0.5, 0.6) is 0 Å². The van der Waals surface area contributed by atoms with Gasteiger partial charge in [-0.3, -0.25) is 0 Å². The number of para-hydroxylation sites is 1. The molecule has 0 radical (unpaired) electrons. The molecule has 3 rings (SSSR count). The van der Waals surface area contributed by atoms with E-state index < -0.39 is 9.84 Å². The van der Waals surface area contributed by atoms with E-state index in [-0.39, 0.29) is 5.25 Å². The van der Waals surface area contributed by atoms with Crippen LogP contribution in [0.2, 0.25) is 0 Å². The zero-order chi connectivity index (χ0) is 18.6. The fourth-order valence-electron chi connectivity index (χ4n) is 4.29. The molecule has 1 aliphatic carbocycles. The Morgan fingerprint density at radius 2 is 1.73 bits per heavy atom. The summed E-state index contributed by atoms with van der Waals surface area (Å²) in [4.78, 5) is 3.36. The Hall–Kier alpha value is -1.29. The van der Waals surface area contributed by atoms with Gasteiger partial charge in [0.2, 0.25) is 0 Å². The largest absolute Gasteiger partial charge is 0.361 e. The number of hydrogen-bond acceptors (Lipinski definition) is 2. The molecule has 1 aliphatic rings. The van der Waals surface area contributed by atoms with Crippen molar-refractivity contribution in [2.75, 3.05) is 5.75 Å². The molecule has 4 heteroatoms. The molecule has 26 heavy (non-hydrogen) atoms. The van der Waals surface area contributed by atoms with Gasteiger partial charge in [0.15, 0.2) is 9.84 Å². The van der Waals surface area contributed by atoms with E-state index in [4.69, 9.17) is 0 Å². The summed E-state index contributed by atoms with van der Waals surface area (Å²) in [5, 5.41) is 1.13. The van der Waals surface area contributed by atoms with E-state index in [0.29, 0.717) is 11.7 Å². The molecule has 1 heterocycles. The summed E-state index contributed by atoms with van der Waals surface area (Å²) in [7, 11) is -2.88. The summed E-state index contributed by atoms with van der Waals surface area (Å²) in [5.74, 6) is 1.60. The molecule has 0 atom stereocenters. The van der Waals surface area contributed by atoms with Gasteiger partial charge in [-0.15, -0.1) is 0 Å². The maximum atomic E-state index is 12.1. The van der Waals surface area contributed by atoms with Crippen LogP contribution in [0.15, 0.2) is 30.5 Å². The first-order chi connectivity index (χ1) is 12.5. The van der Waals surface area contributed by atoms with Crippen molar-refractivity contribution < 1.29 is 8.42 Å². The number of aryl methyl sites for hydroxylation is 1. The van der Waals surface area contributed by atoms with Gasteiger partial charge >= 0.3 is 0 Å². The van der Waals surface area contributed by atoms with Crippen LogP contribution in [0.3, 0.4) is 0 Å². The number of nitrogens with one attached hydrogen (secondary N) is 1. The quantitative estimate of drug-likeness (QED) is 0.618. The first-order valence-corrected chi connectivity index (χ1v) is 11.9. The SMILES string of the molecule is CC(C)S(=O)(=O)CC1CCC(CCCCc2c[nH]c3ccccc23)CC1. The lowest BCUT2D eigenvalue weighted by atomic mass is 9.80. The van der Waals surface area contributed by atoms with Gasteiger partial charge in [0.1, 0.15) is 0 Å². The van der Waals surface area contributed by atoms with Crippen molar-refractivity contribution in [3.8, 4) is 0 Å². The molecule has 0 aliphatic heterocycles. The third-order valence-electron chi connectivity index (χ3n) is 6.14. The molecule has 1 saturated carbocycles. The number of rotatable bonds is 8. The maximum Gasteiger partial charge on any atom is 0.152 e. The molecule has 1 fully saturated rings. The van der Waals surface area contributed by atoms with Crippen LogP contribution in [-0.4, -0.2) is 24.4 Å². The zero-order valence-electron chi connectivity index (χ0n) is 16.2. The number of aromatic nitrogens is 1. The minimum Gasteiger partial charge on any atom is -0.361 e. The van der Waals surface area contributed by atoms with Crippen molar-refractivity contribution >= 4 is 20.7 Å². The second kappa shape index (κ2) is 8.60. The number of hydrogen-bond donors (Lipinski definition) is 1. The second-order valence-corrected chi connectivity index (χ2v) is 11.0. The van der Waals surface area contributed by atoms with E-state index in [2.05, 4.69) is 35.4 Å². The Labute approximate surface area is 158 Å². The standard InChI is InChI=1S/C22H33NO2S/c1-17(2)26(24,25)16-19-13-11-18(12-14-19)7-3-4-8-20-15-23-22-10-6-5-9-21(20)22/h5-6,9-10,15,17-19,23H,3-4,7-8,11-14,16H2,1-2H3. The molecular formula is C22H33NO2S. The number of benzene rings is 1. The molecular weight excluding hydrogens is 342 g/mol. The van der Waals surface area contributed by atoms with E-state index in [1.807, 2.05) is 0 Å². The molecule has 0 unspecified atom stereocenters. The summed E-state index contributed by atoms with van der Waals surface area (Å²) >= 11 is 0. The van der Waals surface area contributed by atoms with E-state index in [9.17, 15) is 8.42 Å². The number of sulfone groups is 1. The average molecular weight is 376 g/mol. The fraction of sp³-hybridized carbons (Fsp3) is 0.636. The molecule has 1 aromatic heterocycles. The van der Waals surface area contributed by atoms with Crippen molar-refractivity contribution in [1.82, 2.24) is 4.98 Å². The van der Waals surface area contributed by atoms with Gasteiger partial charge in [0.05, 0.1) is 11.0 Å². The number of H-pyrrole nitrogens is 1. The minimum absolute atomic E-state index is 0.232. The van der Waals surface area contributed by atoms with Gasteiger partial charge < -0.3 is 4.98 Å². The predicted octanol–water partition coefficient (Wildman–Crippen LogP) is 5.51. The van der Waals surface area contributed by atoms with Crippen molar-refractivity contribution in [3.63, 3.8) is 0 Å². The van der Waals surface area contributed by atoms with Gasteiger partial charge in [0, 0.05) is 17.1 Å². The molecule has 0 saturated heterocycles. The Morgan fingerprint density at radius 3 is 2.46 bits per heavy atom. The van der Waals surface area contributed by atoms with Gasteiger partial charge in [-0.25, -0.2) is 8.42 Å². The monoisotopic (exact) mass is 375 g/mol. The summed E-state index contributed by atoms with van der Waals surface area (Å²) in [6.07, 6.45) is 11.7. The summed E-state index contributed by atoms with van der Waals surface area (Å²) in [5.41, 5.74) is 2.67. The number of fused-ring (bicyclic) bond motifs is 1. The number of unbranched alkanes of at least 4 members (excludes halogenated alkanes) is 1. The van der Waals surface area contributed by atoms with Crippen LogP contribution in [0.1, 0.15) is 64.4 Å². The highest BCUT2D eigenvalue weighted by atomic mass is 32.2. The Balaban J connectivity index is 1.37. The Bertz CT molecular complexity index is 798. The summed E-state index contributed by atoms with van der Waals surface area (Å²) in [6, 6.07) is 8.52. The molecule has 0 amide bonds. The molecule has 3 nitrogen and oxygen atoms in total. The van der Waals surface area contributed by atoms with Gasteiger partial charge in [-0.05, 0) is 63.0 Å². The summed E-state index contributed by atoms with van der Waals surface area (Å²) in [6.45, 7) is 3.60. The molecule has 0 bridgehead atoms. The molecule has 2 aromatic rings. The third-order valence-corrected chi connectivity index (χ3v) is 8.51. The van der Waals surface area contributed by atoms with Crippen LogP contribution < -0.4 is 0 Å². The van der Waals surface area contributed by atoms with Crippen LogP contribution in [0.25, 0.3) is 10.9 Å².